The second-order valence-corrected chi connectivity index (χ2v) is 22.6. The maximum atomic E-state index is 6.27. The molecular weight excluding hydrogens is 777 g/mol. The van der Waals surface area contributed by atoms with Crippen molar-refractivity contribution in [2.45, 2.75) is 31.1 Å². The van der Waals surface area contributed by atoms with E-state index in [1.165, 1.54) is 21.1 Å². The predicted molar refractivity (Wildman–Crippen MR) is 182 cm³/mol. The molecule has 7 rings (SSSR count). The number of rotatable bonds is 4. The van der Waals surface area contributed by atoms with Gasteiger partial charge in [-0.25, -0.2) is 0 Å². The maximum absolute atomic E-state index is 6.27. The molecule has 3 aromatic heterocycles. The van der Waals surface area contributed by atoms with Gasteiger partial charge in [0.05, 0.1) is 5.58 Å². The Kier molecular flexibility index (Phi) is 9.65. The van der Waals surface area contributed by atoms with Gasteiger partial charge >= 0.3 is 106 Å². The monoisotopic (exact) mass is 813 g/mol. The second kappa shape index (κ2) is 13.4. The molecule has 0 aliphatic heterocycles. The Morgan fingerprint density at radius 2 is 1.43 bits per heavy atom. The topological polar surface area (TPSA) is 38.9 Å². The molecule has 44 heavy (non-hydrogen) atoms. The van der Waals surface area contributed by atoms with Gasteiger partial charge in [0.15, 0.2) is 0 Å². The fraction of sp³-hybridized carbons (Fsp3) is 0.128. The summed E-state index contributed by atoms with van der Waals surface area (Å²) in [4.78, 5) is 9.08. The van der Waals surface area contributed by atoms with Crippen LogP contribution in [0.1, 0.15) is 11.1 Å². The summed E-state index contributed by atoms with van der Waals surface area (Å²) in [6.07, 6.45) is 3.87. The van der Waals surface area contributed by atoms with E-state index in [2.05, 4.69) is 132 Å². The number of pyridine rings is 2. The van der Waals surface area contributed by atoms with E-state index in [-0.39, 0.29) is 20.1 Å². The summed E-state index contributed by atoms with van der Waals surface area (Å²) in [7, 11) is 0. The predicted octanol–water partition coefficient (Wildman–Crippen LogP) is 9.82. The van der Waals surface area contributed by atoms with Crippen molar-refractivity contribution in [3.63, 3.8) is 0 Å². The number of aryl methyl sites for hydroxylation is 2. The van der Waals surface area contributed by atoms with Gasteiger partial charge in [0.2, 0.25) is 0 Å². The Morgan fingerprint density at radius 1 is 0.659 bits per heavy atom. The summed E-state index contributed by atoms with van der Waals surface area (Å²) < 4.78 is 7.71. The molecule has 0 aliphatic carbocycles. The molecule has 0 amide bonds. The van der Waals surface area contributed by atoms with Crippen LogP contribution in [-0.4, -0.2) is 23.2 Å². The molecule has 5 heteroatoms. The van der Waals surface area contributed by atoms with E-state index in [1.54, 1.807) is 0 Å². The van der Waals surface area contributed by atoms with Gasteiger partial charge in [-0.05, 0) is 35.9 Å². The van der Waals surface area contributed by atoms with Crippen molar-refractivity contribution in [1.82, 2.24) is 9.97 Å². The number of benzene rings is 4. The normalized spacial score (nSPS) is 11.1. The maximum Gasteiger partial charge on any atom is 0.121 e. The van der Waals surface area contributed by atoms with Crippen molar-refractivity contribution in [3.05, 3.63) is 139 Å². The van der Waals surface area contributed by atoms with Crippen LogP contribution in [0.4, 0.5) is 0 Å². The minimum absolute atomic E-state index is 0. The third kappa shape index (κ3) is 6.94. The molecule has 0 spiro atoms. The Hall–Kier alpha value is -3.83. The number of aromatic nitrogens is 2. The molecule has 3 heterocycles. The van der Waals surface area contributed by atoms with E-state index in [4.69, 9.17) is 4.42 Å². The van der Waals surface area contributed by atoms with Gasteiger partial charge in [-0.1, -0.05) is 65.0 Å². The number of hydrogen-bond acceptors (Lipinski definition) is 3. The third-order valence-corrected chi connectivity index (χ3v) is 11.8. The summed E-state index contributed by atoms with van der Waals surface area (Å²) in [5, 5.41) is 2.21. The van der Waals surface area contributed by atoms with Gasteiger partial charge in [-0.15, -0.1) is 18.2 Å². The van der Waals surface area contributed by atoms with E-state index in [9.17, 15) is 0 Å². The first-order valence-electron chi connectivity index (χ1n) is 14.6. The Morgan fingerprint density at radius 3 is 2.14 bits per heavy atom. The summed E-state index contributed by atoms with van der Waals surface area (Å²) >= 11 is -1.73. The van der Waals surface area contributed by atoms with Crippen molar-refractivity contribution in [3.8, 4) is 33.6 Å². The van der Waals surface area contributed by atoms with E-state index in [1.807, 2.05) is 36.7 Å². The average Bonchev–Trinajstić information content (AvgIpc) is 3.40. The zero-order valence-electron chi connectivity index (χ0n) is 25.6. The molecule has 0 atom stereocenters. The standard InChI is InChI=1S/C24H16NO.C15H18GeN.Ir/c1-16-12-13-25-22(14-16)21-9-5-8-20-19-11-10-18(15-23(19)26-24(20)21)17-6-3-2-4-7-17;1-12-6-5-7-13(10-12)15-9-8-14(11-17-15)16(2,3)4;/h2-8,10-15H,1H3;5-6,8-11H,1-4H3;/q2*-1;. The average molecular weight is 812 g/mol. The molecule has 0 bridgehead atoms. The molecule has 0 N–H and O–H groups in total. The molecular formula is C39H34GeIrN2O-2. The molecule has 0 fully saturated rings. The van der Waals surface area contributed by atoms with Crippen molar-refractivity contribution in [1.29, 1.82) is 0 Å². The van der Waals surface area contributed by atoms with Crippen LogP contribution in [0.2, 0.25) is 17.3 Å². The number of furan rings is 1. The number of nitrogens with zero attached hydrogens (tertiary/aromatic N) is 2. The molecule has 0 saturated heterocycles. The first kappa shape index (κ1) is 31.6. The summed E-state index contributed by atoms with van der Waals surface area (Å²) in [5.74, 6) is 7.15. The van der Waals surface area contributed by atoms with Gasteiger partial charge in [0, 0.05) is 31.7 Å². The minimum Gasteiger partial charge on any atom is -0.501 e. The molecule has 7 aromatic rings. The van der Waals surface area contributed by atoms with Crippen LogP contribution in [0, 0.1) is 26.0 Å². The van der Waals surface area contributed by atoms with Gasteiger partial charge in [-0.3, -0.25) is 0 Å². The van der Waals surface area contributed by atoms with Crippen LogP contribution < -0.4 is 4.40 Å². The Labute approximate surface area is 276 Å². The van der Waals surface area contributed by atoms with E-state index < -0.39 is 13.3 Å². The SMILES string of the molecule is Cc1cc[c-]c(-c2cc[c]([Ge]([CH3])([CH3])[CH3])cn2)c1.Cc1ccnc(-c2[c-]ccc3c2oc2cc(-c4ccccc4)ccc23)c1.[Ir]. The minimum atomic E-state index is -1.73. The zero-order chi connectivity index (χ0) is 30.0. The fourth-order valence-electron chi connectivity index (χ4n) is 5.14. The first-order chi connectivity index (χ1) is 20.8. The van der Waals surface area contributed by atoms with Crippen LogP contribution in [0.5, 0.6) is 0 Å². The Bertz CT molecular complexity index is 2030. The van der Waals surface area contributed by atoms with E-state index >= 15 is 0 Å². The summed E-state index contributed by atoms with van der Waals surface area (Å²) in [6.45, 7) is 4.16. The molecule has 3 nitrogen and oxygen atoms in total. The third-order valence-electron chi connectivity index (χ3n) is 7.57. The van der Waals surface area contributed by atoms with Gasteiger partial charge in [0.1, 0.15) is 5.58 Å². The largest absolute Gasteiger partial charge is 0.501 e. The van der Waals surface area contributed by atoms with Gasteiger partial charge in [-0.2, -0.15) is 0 Å². The van der Waals surface area contributed by atoms with Crippen LogP contribution >= 0.6 is 0 Å². The Balaban J connectivity index is 0.000000187. The smallest absolute Gasteiger partial charge is 0.121 e. The first-order valence-corrected chi connectivity index (χ1v) is 21.9. The molecule has 0 aliphatic rings. The molecule has 4 aromatic carbocycles. The molecule has 0 saturated carbocycles. The van der Waals surface area contributed by atoms with Crippen molar-refractivity contribution >= 4 is 39.6 Å². The van der Waals surface area contributed by atoms with Crippen molar-refractivity contribution in [2.75, 3.05) is 0 Å². The van der Waals surface area contributed by atoms with Crippen LogP contribution in [0.3, 0.4) is 0 Å². The number of hydrogen-bond donors (Lipinski definition) is 0. The van der Waals surface area contributed by atoms with Crippen LogP contribution in [0.25, 0.3) is 55.6 Å². The molecule has 221 valence electrons. The van der Waals surface area contributed by atoms with Crippen LogP contribution in [0.15, 0.2) is 120 Å². The zero-order valence-corrected chi connectivity index (χ0v) is 30.1. The number of fused-ring (bicyclic) bond motifs is 3. The van der Waals surface area contributed by atoms with Gasteiger partial charge in [0.25, 0.3) is 0 Å². The quantitative estimate of drug-likeness (QED) is 0.131. The van der Waals surface area contributed by atoms with E-state index in [0.29, 0.717) is 0 Å². The summed E-state index contributed by atoms with van der Waals surface area (Å²) in [6, 6.07) is 41.8. The van der Waals surface area contributed by atoms with Crippen LogP contribution in [-0.2, 0) is 20.1 Å². The van der Waals surface area contributed by atoms with Crippen molar-refractivity contribution < 1.29 is 24.5 Å². The molecule has 0 unspecified atom stereocenters. The molecule has 1 radical (unpaired) electrons. The fourth-order valence-corrected chi connectivity index (χ4v) is 7.31. The van der Waals surface area contributed by atoms with E-state index in [0.717, 1.165) is 50.0 Å². The van der Waals surface area contributed by atoms with Crippen molar-refractivity contribution in [2.24, 2.45) is 0 Å². The van der Waals surface area contributed by atoms with Gasteiger partial charge < -0.3 is 9.40 Å². The summed E-state index contributed by atoms with van der Waals surface area (Å²) in [5.41, 5.74) is 10.4. The second-order valence-electron chi connectivity index (χ2n) is 12.0.